The molecule has 28 heavy (non-hydrogen) atoms. The highest BCUT2D eigenvalue weighted by Gasteiger charge is 2.22. The zero-order valence-electron chi connectivity index (χ0n) is 17.3. The van der Waals surface area contributed by atoms with Crippen molar-refractivity contribution >= 4 is 11.6 Å². The van der Waals surface area contributed by atoms with Crippen LogP contribution < -0.4 is 14.4 Å². The molecule has 1 aliphatic rings. The summed E-state index contributed by atoms with van der Waals surface area (Å²) in [6.45, 7) is 7.62. The first-order valence-electron chi connectivity index (χ1n) is 9.82. The molecule has 0 aliphatic carbocycles. The van der Waals surface area contributed by atoms with Crippen molar-refractivity contribution in [2.45, 2.75) is 26.7 Å². The number of hydrogen-bond donors (Lipinski definition) is 0. The van der Waals surface area contributed by atoms with Crippen molar-refractivity contribution in [3.8, 4) is 11.5 Å². The predicted molar refractivity (Wildman–Crippen MR) is 113 cm³/mol. The van der Waals surface area contributed by atoms with Gasteiger partial charge in [-0.05, 0) is 55.2 Å². The van der Waals surface area contributed by atoms with Gasteiger partial charge in [0.25, 0.3) is 0 Å². The van der Waals surface area contributed by atoms with E-state index in [4.69, 9.17) is 9.47 Å². The van der Waals surface area contributed by atoms with E-state index < -0.39 is 0 Å². The van der Waals surface area contributed by atoms with Crippen molar-refractivity contribution in [2.75, 3.05) is 45.3 Å². The molecule has 1 heterocycles. The Bertz CT molecular complexity index is 804. The number of methoxy groups -OCH3 is 2. The highest BCUT2D eigenvalue weighted by atomic mass is 16.5. The summed E-state index contributed by atoms with van der Waals surface area (Å²) in [5.41, 5.74) is 4.98. The first-order chi connectivity index (χ1) is 13.5. The average Bonchev–Trinajstić information content (AvgIpc) is 2.73. The van der Waals surface area contributed by atoms with Crippen LogP contribution in [-0.4, -0.2) is 51.2 Å². The Hall–Kier alpha value is -2.69. The highest BCUT2D eigenvalue weighted by Crippen LogP contribution is 2.25. The molecule has 5 heteroatoms. The molecule has 150 valence electrons. The van der Waals surface area contributed by atoms with Crippen molar-refractivity contribution in [3.63, 3.8) is 0 Å². The van der Waals surface area contributed by atoms with Crippen LogP contribution in [0, 0.1) is 13.8 Å². The van der Waals surface area contributed by atoms with Crippen LogP contribution in [0.4, 0.5) is 5.69 Å². The number of piperazine rings is 1. The van der Waals surface area contributed by atoms with Gasteiger partial charge in [-0.1, -0.05) is 12.1 Å². The van der Waals surface area contributed by atoms with E-state index in [0.29, 0.717) is 12.8 Å². The van der Waals surface area contributed by atoms with E-state index in [-0.39, 0.29) is 5.91 Å². The summed E-state index contributed by atoms with van der Waals surface area (Å²) < 4.78 is 10.6. The Kier molecular flexibility index (Phi) is 6.45. The molecule has 0 unspecified atom stereocenters. The smallest absolute Gasteiger partial charge is 0.223 e. The van der Waals surface area contributed by atoms with E-state index in [0.717, 1.165) is 43.2 Å². The first kappa shape index (κ1) is 20.1. The second-order valence-corrected chi connectivity index (χ2v) is 7.31. The van der Waals surface area contributed by atoms with Gasteiger partial charge in [-0.25, -0.2) is 0 Å². The lowest BCUT2D eigenvalue weighted by atomic mass is 10.1. The lowest BCUT2D eigenvalue weighted by Crippen LogP contribution is -2.49. The third kappa shape index (κ3) is 4.58. The topological polar surface area (TPSA) is 42.0 Å². The van der Waals surface area contributed by atoms with Crippen LogP contribution in [0.3, 0.4) is 0 Å². The Morgan fingerprint density at radius 2 is 1.61 bits per heavy atom. The summed E-state index contributed by atoms with van der Waals surface area (Å²) >= 11 is 0. The van der Waals surface area contributed by atoms with Crippen LogP contribution in [-0.2, 0) is 11.2 Å². The number of carbonyl (C=O) groups excluding carboxylic acids is 1. The molecule has 0 aromatic heterocycles. The Labute approximate surface area is 167 Å². The van der Waals surface area contributed by atoms with Gasteiger partial charge in [-0.15, -0.1) is 0 Å². The molecular formula is C23H30N2O3. The number of rotatable bonds is 6. The standard InChI is InChI=1S/C23H30N2O3/c1-17-6-5-7-22(18(17)2)24-10-12-25(13-11-24)23(26)9-8-19-14-20(27-3)16-21(15-19)28-4/h5-7,14-16H,8-13H2,1-4H3. The molecule has 0 bridgehead atoms. The molecule has 0 atom stereocenters. The van der Waals surface area contributed by atoms with E-state index >= 15 is 0 Å². The number of hydrogen-bond acceptors (Lipinski definition) is 4. The van der Waals surface area contributed by atoms with Gasteiger partial charge < -0.3 is 19.3 Å². The highest BCUT2D eigenvalue weighted by molar-refractivity contribution is 5.77. The van der Waals surface area contributed by atoms with Crippen molar-refractivity contribution in [3.05, 3.63) is 53.1 Å². The summed E-state index contributed by atoms with van der Waals surface area (Å²) in [4.78, 5) is 17.1. The molecule has 0 saturated carbocycles. The number of anilines is 1. The fraction of sp³-hybridized carbons (Fsp3) is 0.435. The van der Waals surface area contributed by atoms with Gasteiger partial charge in [-0.3, -0.25) is 4.79 Å². The van der Waals surface area contributed by atoms with Crippen molar-refractivity contribution in [2.24, 2.45) is 0 Å². The van der Waals surface area contributed by atoms with E-state index in [1.807, 2.05) is 23.1 Å². The summed E-state index contributed by atoms with van der Waals surface area (Å²) in [6, 6.07) is 12.2. The maximum absolute atomic E-state index is 12.7. The zero-order chi connectivity index (χ0) is 20.1. The minimum absolute atomic E-state index is 0.211. The molecule has 0 N–H and O–H groups in total. The maximum atomic E-state index is 12.7. The molecule has 0 radical (unpaired) electrons. The number of carbonyl (C=O) groups is 1. The Morgan fingerprint density at radius 3 is 2.21 bits per heavy atom. The molecule has 1 saturated heterocycles. The van der Waals surface area contributed by atoms with E-state index in [2.05, 4.69) is 36.9 Å². The second kappa shape index (κ2) is 9.00. The largest absolute Gasteiger partial charge is 0.497 e. The lowest BCUT2D eigenvalue weighted by Gasteiger charge is -2.37. The molecule has 1 aliphatic heterocycles. The van der Waals surface area contributed by atoms with Crippen LogP contribution in [0.2, 0.25) is 0 Å². The average molecular weight is 383 g/mol. The normalized spacial score (nSPS) is 14.1. The van der Waals surface area contributed by atoms with Gasteiger partial charge in [0.2, 0.25) is 5.91 Å². The quantitative estimate of drug-likeness (QED) is 0.766. The summed E-state index contributed by atoms with van der Waals surface area (Å²) in [6.07, 6.45) is 1.18. The first-order valence-corrected chi connectivity index (χ1v) is 9.82. The molecule has 3 rings (SSSR count). The lowest BCUT2D eigenvalue weighted by molar-refractivity contribution is -0.131. The van der Waals surface area contributed by atoms with Gasteiger partial charge in [0.05, 0.1) is 14.2 Å². The third-order valence-corrected chi connectivity index (χ3v) is 5.59. The van der Waals surface area contributed by atoms with Crippen molar-refractivity contribution < 1.29 is 14.3 Å². The van der Waals surface area contributed by atoms with Crippen molar-refractivity contribution in [1.82, 2.24) is 4.90 Å². The fourth-order valence-corrected chi connectivity index (χ4v) is 3.70. The van der Waals surface area contributed by atoms with E-state index in [1.54, 1.807) is 14.2 Å². The number of ether oxygens (including phenoxy) is 2. The molecular weight excluding hydrogens is 352 g/mol. The van der Waals surface area contributed by atoms with Gasteiger partial charge in [0.1, 0.15) is 11.5 Å². The number of aryl methyl sites for hydroxylation is 2. The van der Waals surface area contributed by atoms with Crippen LogP contribution in [0.5, 0.6) is 11.5 Å². The summed E-state index contributed by atoms with van der Waals surface area (Å²) in [5, 5.41) is 0. The number of amides is 1. The van der Waals surface area contributed by atoms with Gasteiger partial charge >= 0.3 is 0 Å². The summed E-state index contributed by atoms with van der Waals surface area (Å²) in [5.74, 6) is 1.72. The fourth-order valence-electron chi connectivity index (χ4n) is 3.70. The van der Waals surface area contributed by atoms with Crippen LogP contribution in [0.25, 0.3) is 0 Å². The van der Waals surface area contributed by atoms with Crippen LogP contribution in [0.15, 0.2) is 36.4 Å². The molecule has 0 spiro atoms. The zero-order valence-corrected chi connectivity index (χ0v) is 17.3. The molecule has 1 amide bonds. The molecule has 2 aromatic carbocycles. The minimum Gasteiger partial charge on any atom is -0.497 e. The van der Waals surface area contributed by atoms with Gasteiger partial charge in [-0.2, -0.15) is 0 Å². The van der Waals surface area contributed by atoms with Gasteiger partial charge in [0.15, 0.2) is 0 Å². The summed E-state index contributed by atoms with van der Waals surface area (Å²) in [7, 11) is 3.28. The maximum Gasteiger partial charge on any atom is 0.223 e. The Morgan fingerprint density at radius 1 is 0.964 bits per heavy atom. The van der Waals surface area contributed by atoms with Gasteiger partial charge in [0, 0.05) is 44.4 Å². The number of benzene rings is 2. The van der Waals surface area contributed by atoms with Crippen LogP contribution >= 0.6 is 0 Å². The molecule has 5 nitrogen and oxygen atoms in total. The van der Waals surface area contributed by atoms with E-state index in [1.165, 1.54) is 16.8 Å². The molecule has 1 fully saturated rings. The van der Waals surface area contributed by atoms with E-state index in [9.17, 15) is 4.79 Å². The van der Waals surface area contributed by atoms with Crippen LogP contribution in [0.1, 0.15) is 23.1 Å². The predicted octanol–water partition coefficient (Wildman–Crippen LogP) is 3.60. The molecule has 2 aromatic rings. The second-order valence-electron chi connectivity index (χ2n) is 7.31. The van der Waals surface area contributed by atoms with Crippen molar-refractivity contribution in [1.29, 1.82) is 0 Å². The minimum atomic E-state index is 0.211. The monoisotopic (exact) mass is 382 g/mol. The third-order valence-electron chi connectivity index (χ3n) is 5.59. The Balaban J connectivity index is 1.55. The number of nitrogens with zero attached hydrogens (tertiary/aromatic N) is 2. The SMILES string of the molecule is COc1cc(CCC(=O)N2CCN(c3cccc(C)c3C)CC2)cc(OC)c1.